The van der Waals surface area contributed by atoms with E-state index in [1.165, 1.54) is 0 Å². The van der Waals surface area contributed by atoms with Gasteiger partial charge in [0.25, 0.3) is 0 Å². The zero-order valence-corrected chi connectivity index (χ0v) is 8.36. The van der Waals surface area contributed by atoms with Crippen molar-refractivity contribution in [1.29, 1.82) is 0 Å². The van der Waals surface area contributed by atoms with Gasteiger partial charge in [0.2, 0.25) is 0 Å². The molecule has 0 unspecified atom stereocenters. The molecule has 78 valence electrons. The highest BCUT2D eigenvalue weighted by atomic mass is 16.3. The summed E-state index contributed by atoms with van der Waals surface area (Å²) in [6, 6.07) is 6.98. The third kappa shape index (κ3) is 2.59. The van der Waals surface area contributed by atoms with E-state index in [2.05, 4.69) is 5.32 Å². The topological polar surface area (TPSA) is 49.3 Å². The Morgan fingerprint density at radius 3 is 3.00 bits per heavy atom. The number of carbonyl (C=O) groups excluding carboxylic acids is 1. The van der Waals surface area contributed by atoms with Crippen molar-refractivity contribution in [1.82, 2.24) is 5.32 Å². The van der Waals surface area contributed by atoms with Crippen molar-refractivity contribution in [3.05, 3.63) is 35.5 Å². The maximum absolute atomic E-state index is 11.2. The first-order chi connectivity index (χ1) is 7.24. The molecule has 0 aromatic heterocycles. The Kier molecular flexibility index (Phi) is 2.72. The van der Waals surface area contributed by atoms with Gasteiger partial charge < -0.3 is 10.4 Å². The van der Waals surface area contributed by atoms with Gasteiger partial charge in [0.15, 0.2) is 0 Å². The number of benzene rings is 1. The second-order valence-corrected chi connectivity index (χ2v) is 3.66. The summed E-state index contributed by atoms with van der Waals surface area (Å²) >= 11 is 0. The lowest BCUT2D eigenvalue weighted by atomic mass is 10.1. The van der Waals surface area contributed by atoms with Crippen LogP contribution in [0.25, 0.3) is 6.08 Å². The van der Waals surface area contributed by atoms with Gasteiger partial charge in [-0.15, -0.1) is 0 Å². The van der Waals surface area contributed by atoms with Crippen LogP contribution in [-0.4, -0.2) is 17.4 Å². The van der Waals surface area contributed by atoms with Crippen molar-refractivity contribution < 1.29 is 9.90 Å². The van der Waals surface area contributed by atoms with E-state index >= 15 is 0 Å². The highest BCUT2D eigenvalue weighted by Crippen LogP contribution is 2.16. The molecule has 1 heterocycles. The molecule has 1 fully saturated rings. The smallest absolute Gasteiger partial charge is 0.140 e. The molecule has 1 aromatic rings. The van der Waals surface area contributed by atoms with Crippen molar-refractivity contribution in [3.63, 3.8) is 0 Å². The Morgan fingerprint density at radius 2 is 2.27 bits per heavy atom. The Morgan fingerprint density at radius 1 is 1.40 bits per heavy atom. The maximum Gasteiger partial charge on any atom is 0.140 e. The van der Waals surface area contributed by atoms with E-state index in [-0.39, 0.29) is 11.5 Å². The van der Waals surface area contributed by atoms with Crippen LogP contribution in [0, 0.1) is 0 Å². The average molecular weight is 203 g/mol. The van der Waals surface area contributed by atoms with E-state index in [0.29, 0.717) is 19.4 Å². The Hall–Kier alpha value is -1.77. The fourth-order valence-corrected chi connectivity index (χ4v) is 1.64. The first-order valence-electron chi connectivity index (χ1n) is 4.99. The van der Waals surface area contributed by atoms with Gasteiger partial charge in [-0.2, -0.15) is 0 Å². The molecule has 3 nitrogen and oxygen atoms in total. The molecule has 0 aliphatic carbocycles. The Bertz CT molecular complexity index is 410. The second-order valence-electron chi connectivity index (χ2n) is 3.66. The van der Waals surface area contributed by atoms with Gasteiger partial charge in [-0.25, -0.2) is 0 Å². The summed E-state index contributed by atoms with van der Waals surface area (Å²) in [5.41, 5.74) is 1.84. The van der Waals surface area contributed by atoms with Crippen molar-refractivity contribution >= 4 is 11.9 Å². The summed E-state index contributed by atoms with van der Waals surface area (Å²) < 4.78 is 0. The first kappa shape index (κ1) is 9.77. The van der Waals surface area contributed by atoms with E-state index < -0.39 is 0 Å². The summed E-state index contributed by atoms with van der Waals surface area (Å²) in [5, 5.41) is 12.5. The van der Waals surface area contributed by atoms with Gasteiger partial charge >= 0.3 is 0 Å². The molecule has 0 spiro atoms. The van der Waals surface area contributed by atoms with Gasteiger partial charge in [0.1, 0.15) is 11.5 Å². The number of carbonyl (C=O) groups is 1. The number of piperidine rings is 1. The standard InChI is InChI=1S/C12H13NO2/c14-11-3-1-2-9(7-11)6-10-8-12(15)4-5-13-10/h1-3,6-7,13-14H,4-5,8H2. The highest BCUT2D eigenvalue weighted by Gasteiger charge is 2.11. The van der Waals surface area contributed by atoms with Crippen LogP contribution in [0.5, 0.6) is 5.75 Å². The van der Waals surface area contributed by atoms with Gasteiger partial charge in [-0.1, -0.05) is 12.1 Å². The van der Waals surface area contributed by atoms with E-state index in [4.69, 9.17) is 0 Å². The van der Waals surface area contributed by atoms with E-state index in [0.717, 1.165) is 11.3 Å². The number of ketones is 1. The number of hydrogen-bond acceptors (Lipinski definition) is 3. The number of phenolic OH excluding ortho intramolecular Hbond substituents is 1. The number of aromatic hydroxyl groups is 1. The van der Waals surface area contributed by atoms with Gasteiger partial charge in [-0.05, 0) is 23.8 Å². The fraction of sp³-hybridized carbons (Fsp3) is 0.250. The SMILES string of the molecule is O=C1CCNC(=Cc2cccc(O)c2)C1. The quantitative estimate of drug-likeness (QED) is 0.730. The zero-order valence-electron chi connectivity index (χ0n) is 8.36. The summed E-state index contributed by atoms with van der Waals surface area (Å²) in [4.78, 5) is 11.2. The van der Waals surface area contributed by atoms with Crippen LogP contribution >= 0.6 is 0 Å². The average Bonchev–Trinajstić information content (AvgIpc) is 2.17. The molecule has 0 bridgehead atoms. The summed E-state index contributed by atoms with van der Waals surface area (Å²) in [7, 11) is 0. The van der Waals surface area contributed by atoms with Crippen LogP contribution in [0.2, 0.25) is 0 Å². The highest BCUT2D eigenvalue weighted by molar-refractivity contribution is 5.83. The molecule has 1 aromatic carbocycles. The lowest BCUT2D eigenvalue weighted by Gasteiger charge is -2.15. The molecule has 1 saturated heterocycles. The van der Waals surface area contributed by atoms with Crippen LogP contribution < -0.4 is 5.32 Å². The molecular weight excluding hydrogens is 190 g/mol. The Labute approximate surface area is 88.4 Å². The predicted octanol–water partition coefficient (Wildman–Crippen LogP) is 1.69. The van der Waals surface area contributed by atoms with Crippen molar-refractivity contribution in [2.45, 2.75) is 12.8 Å². The summed E-state index contributed by atoms with van der Waals surface area (Å²) in [6.07, 6.45) is 2.98. The lowest BCUT2D eigenvalue weighted by molar-refractivity contribution is -0.119. The molecule has 2 rings (SSSR count). The third-order valence-corrected chi connectivity index (χ3v) is 2.35. The summed E-state index contributed by atoms with van der Waals surface area (Å²) in [5.74, 6) is 0.506. The molecule has 0 amide bonds. The molecule has 0 saturated carbocycles. The number of rotatable bonds is 1. The van der Waals surface area contributed by atoms with Crippen LogP contribution in [0.15, 0.2) is 30.0 Å². The molecule has 1 aliphatic heterocycles. The minimum absolute atomic E-state index is 0.242. The van der Waals surface area contributed by atoms with E-state index in [9.17, 15) is 9.90 Å². The van der Waals surface area contributed by atoms with Crippen LogP contribution in [0.4, 0.5) is 0 Å². The second kappa shape index (κ2) is 4.17. The van der Waals surface area contributed by atoms with Crippen molar-refractivity contribution in [3.8, 4) is 5.75 Å². The minimum Gasteiger partial charge on any atom is -0.508 e. The maximum atomic E-state index is 11.2. The number of Topliss-reactive ketones (excluding diaryl/α,β-unsaturated/α-hetero) is 1. The molecular formula is C12H13NO2. The monoisotopic (exact) mass is 203 g/mol. The van der Waals surface area contributed by atoms with Crippen LogP contribution in [0.1, 0.15) is 18.4 Å². The van der Waals surface area contributed by atoms with Crippen LogP contribution in [0.3, 0.4) is 0 Å². The fourth-order valence-electron chi connectivity index (χ4n) is 1.64. The number of allylic oxidation sites excluding steroid dienone is 1. The minimum atomic E-state index is 0.242. The van der Waals surface area contributed by atoms with Crippen molar-refractivity contribution in [2.75, 3.05) is 6.54 Å². The summed E-state index contributed by atoms with van der Waals surface area (Å²) in [6.45, 7) is 0.712. The third-order valence-electron chi connectivity index (χ3n) is 2.35. The van der Waals surface area contributed by atoms with Gasteiger partial charge in [-0.3, -0.25) is 4.79 Å². The Balaban J connectivity index is 2.18. The first-order valence-corrected chi connectivity index (χ1v) is 4.99. The van der Waals surface area contributed by atoms with Crippen molar-refractivity contribution in [2.24, 2.45) is 0 Å². The normalized spacial score (nSPS) is 18.9. The largest absolute Gasteiger partial charge is 0.508 e. The molecule has 3 heteroatoms. The molecule has 1 aliphatic rings. The van der Waals surface area contributed by atoms with Gasteiger partial charge in [0, 0.05) is 25.1 Å². The van der Waals surface area contributed by atoms with E-state index in [1.807, 2.05) is 12.1 Å². The van der Waals surface area contributed by atoms with Crippen LogP contribution in [-0.2, 0) is 4.79 Å². The predicted molar refractivity (Wildman–Crippen MR) is 58.3 cm³/mol. The van der Waals surface area contributed by atoms with Gasteiger partial charge in [0.05, 0.1) is 0 Å². The number of hydrogen-bond donors (Lipinski definition) is 2. The lowest BCUT2D eigenvalue weighted by Crippen LogP contribution is -2.25. The molecule has 0 radical (unpaired) electrons. The number of phenols is 1. The number of nitrogens with one attached hydrogen (secondary N) is 1. The molecule has 0 atom stereocenters. The molecule has 2 N–H and O–H groups in total. The zero-order chi connectivity index (χ0) is 10.7. The van der Waals surface area contributed by atoms with E-state index in [1.54, 1.807) is 18.2 Å². The molecule has 15 heavy (non-hydrogen) atoms.